The average molecular weight is 465 g/mol. The van der Waals surface area contributed by atoms with Gasteiger partial charge in [0.2, 0.25) is 0 Å². The Labute approximate surface area is 180 Å². The molecule has 2 heterocycles. The van der Waals surface area contributed by atoms with Gasteiger partial charge in [-0.2, -0.15) is 9.78 Å². The lowest BCUT2D eigenvalue weighted by Gasteiger charge is -2.12. The standard InChI is InChI=1S/C22H17BrN4O3/c1-2-30-22(29)16-13-24-27(19-12-11-14-7-3-6-10-18(14)25-19)20(16)26-21(28)15-8-4-5-9-17(15)23/h3-13H,2H2,1H3,(H,26,28). The fraction of sp³-hybridized carbons (Fsp3) is 0.0909. The SMILES string of the molecule is CCOC(=O)c1cnn(-c2ccc3ccccc3n2)c1NC(=O)c1ccccc1Br. The number of carbonyl (C=O) groups excluding carboxylic acids is 2. The van der Waals surface area contributed by atoms with Crippen LogP contribution < -0.4 is 5.32 Å². The van der Waals surface area contributed by atoms with E-state index in [1.807, 2.05) is 36.4 Å². The van der Waals surface area contributed by atoms with Crippen LogP contribution in [0.3, 0.4) is 0 Å². The van der Waals surface area contributed by atoms with Gasteiger partial charge in [-0.25, -0.2) is 9.78 Å². The molecular formula is C22H17BrN4O3. The van der Waals surface area contributed by atoms with E-state index in [9.17, 15) is 9.59 Å². The van der Waals surface area contributed by atoms with Crippen LogP contribution in [0.1, 0.15) is 27.6 Å². The highest BCUT2D eigenvalue weighted by molar-refractivity contribution is 9.10. The molecule has 30 heavy (non-hydrogen) atoms. The number of ether oxygens (including phenoxy) is 1. The number of fused-ring (bicyclic) bond motifs is 1. The number of benzene rings is 2. The van der Waals surface area contributed by atoms with Gasteiger partial charge in [-0.05, 0) is 53.2 Å². The topological polar surface area (TPSA) is 86.1 Å². The predicted molar refractivity (Wildman–Crippen MR) is 117 cm³/mol. The first-order chi connectivity index (χ1) is 14.6. The minimum Gasteiger partial charge on any atom is -0.462 e. The molecule has 1 N–H and O–H groups in total. The second-order valence-electron chi connectivity index (χ2n) is 6.34. The van der Waals surface area contributed by atoms with Gasteiger partial charge in [0.25, 0.3) is 5.91 Å². The Kier molecular flexibility index (Phi) is 5.58. The Hall–Kier alpha value is -3.52. The maximum Gasteiger partial charge on any atom is 0.343 e. The summed E-state index contributed by atoms with van der Waals surface area (Å²) in [5.41, 5.74) is 1.34. The summed E-state index contributed by atoms with van der Waals surface area (Å²) < 4.78 is 7.18. The van der Waals surface area contributed by atoms with Crippen molar-refractivity contribution >= 4 is 44.5 Å². The number of anilines is 1. The number of aromatic nitrogens is 3. The van der Waals surface area contributed by atoms with Crippen LogP contribution in [-0.4, -0.2) is 33.2 Å². The average Bonchev–Trinajstić information content (AvgIpc) is 3.17. The number of nitrogens with zero attached hydrogens (tertiary/aromatic N) is 3. The van der Waals surface area contributed by atoms with Gasteiger partial charge in [-0.3, -0.25) is 4.79 Å². The van der Waals surface area contributed by atoms with Gasteiger partial charge < -0.3 is 10.1 Å². The number of para-hydroxylation sites is 1. The molecule has 0 saturated heterocycles. The number of hydrogen-bond acceptors (Lipinski definition) is 5. The first-order valence-corrected chi connectivity index (χ1v) is 10.0. The first-order valence-electron chi connectivity index (χ1n) is 9.25. The number of nitrogens with one attached hydrogen (secondary N) is 1. The van der Waals surface area contributed by atoms with Crippen molar-refractivity contribution in [2.75, 3.05) is 11.9 Å². The van der Waals surface area contributed by atoms with E-state index in [4.69, 9.17) is 4.74 Å². The molecule has 0 aliphatic rings. The van der Waals surface area contributed by atoms with Gasteiger partial charge in [0, 0.05) is 9.86 Å². The molecular weight excluding hydrogens is 448 g/mol. The summed E-state index contributed by atoms with van der Waals surface area (Å²) in [4.78, 5) is 30.0. The van der Waals surface area contributed by atoms with Crippen LogP contribution in [0.4, 0.5) is 5.82 Å². The predicted octanol–water partition coefficient (Wildman–Crippen LogP) is 4.61. The molecule has 2 aromatic heterocycles. The Balaban J connectivity index is 1.79. The zero-order valence-corrected chi connectivity index (χ0v) is 17.6. The maximum atomic E-state index is 12.9. The molecule has 0 fully saturated rings. The number of carbonyl (C=O) groups is 2. The van der Waals surface area contributed by atoms with E-state index in [-0.39, 0.29) is 18.0 Å². The number of amides is 1. The molecule has 0 saturated carbocycles. The third-order valence-corrected chi connectivity index (χ3v) is 5.11. The van der Waals surface area contributed by atoms with Gasteiger partial charge in [0.15, 0.2) is 11.6 Å². The van der Waals surface area contributed by atoms with Crippen LogP contribution in [0.15, 0.2) is 71.3 Å². The molecule has 4 rings (SSSR count). The highest BCUT2D eigenvalue weighted by Crippen LogP contribution is 2.24. The summed E-state index contributed by atoms with van der Waals surface area (Å²) in [6.45, 7) is 1.92. The summed E-state index contributed by atoms with van der Waals surface area (Å²) in [5, 5.41) is 8.06. The summed E-state index contributed by atoms with van der Waals surface area (Å²) >= 11 is 3.38. The van der Waals surface area contributed by atoms with Gasteiger partial charge in [-0.15, -0.1) is 0 Å². The lowest BCUT2D eigenvalue weighted by molar-refractivity contribution is 0.0527. The van der Waals surface area contributed by atoms with Crippen LogP contribution in [-0.2, 0) is 4.74 Å². The molecule has 1 amide bonds. The number of esters is 1. The molecule has 8 heteroatoms. The van der Waals surface area contributed by atoms with Crippen molar-refractivity contribution in [3.05, 3.63) is 82.5 Å². The van der Waals surface area contributed by atoms with E-state index in [2.05, 4.69) is 31.3 Å². The second kappa shape index (κ2) is 8.46. The molecule has 7 nitrogen and oxygen atoms in total. The lowest BCUT2D eigenvalue weighted by atomic mass is 10.2. The molecule has 0 radical (unpaired) electrons. The number of halogens is 1. The first kappa shape index (κ1) is 19.8. The van der Waals surface area contributed by atoms with Crippen molar-refractivity contribution < 1.29 is 14.3 Å². The number of pyridine rings is 1. The second-order valence-corrected chi connectivity index (χ2v) is 7.19. The molecule has 2 aromatic carbocycles. The van der Waals surface area contributed by atoms with Gasteiger partial charge in [0.05, 0.1) is 23.9 Å². The summed E-state index contributed by atoms with van der Waals surface area (Å²) in [5.74, 6) is -0.314. The summed E-state index contributed by atoms with van der Waals surface area (Å²) in [7, 11) is 0. The third-order valence-electron chi connectivity index (χ3n) is 4.42. The molecule has 0 aliphatic carbocycles. The molecule has 0 unspecified atom stereocenters. The van der Waals surface area contributed by atoms with Gasteiger partial charge in [0.1, 0.15) is 5.56 Å². The highest BCUT2D eigenvalue weighted by atomic mass is 79.9. The minimum absolute atomic E-state index is 0.146. The smallest absolute Gasteiger partial charge is 0.343 e. The van der Waals surface area contributed by atoms with Crippen LogP contribution in [0.2, 0.25) is 0 Å². The van der Waals surface area contributed by atoms with Crippen LogP contribution in [0.5, 0.6) is 0 Å². The van der Waals surface area contributed by atoms with Gasteiger partial charge >= 0.3 is 5.97 Å². The lowest BCUT2D eigenvalue weighted by Crippen LogP contribution is -2.18. The minimum atomic E-state index is -0.577. The Bertz CT molecular complexity index is 1250. The van der Waals surface area contributed by atoms with Crippen molar-refractivity contribution in [1.82, 2.24) is 14.8 Å². The quantitative estimate of drug-likeness (QED) is 0.435. The highest BCUT2D eigenvalue weighted by Gasteiger charge is 2.23. The van der Waals surface area contributed by atoms with Crippen LogP contribution in [0, 0.1) is 0 Å². The fourth-order valence-electron chi connectivity index (χ4n) is 2.99. The van der Waals surface area contributed by atoms with Crippen LogP contribution >= 0.6 is 15.9 Å². The Morgan fingerprint density at radius 3 is 2.60 bits per heavy atom. The van der Waals surface area contributed by atoms with Gasteiger partial charge in [-0.1, -0.05) is 30.3 Å². The zero-order chi connectivity index (χ0) is 21.1. The normalized spacial score (nSPS) is 10.7. The van der Waals surface area contributed by atoms with E-state index in [0.29, 0.717) is 15.9 Å². The summed E-state index contributed by atoms with van der Waals surface area (Å²) in [6.07, 6.45) is 1.37. The van der Waals surface area contributed by atoms with Crippen molar-refractivity contribution in [2.24, 2.45) is 0 Å². The zero-order valence-electron chi connectivity index (χ0n) is 16.0. The molecule has 0 spiro atoms. The Morgan fingerprint density at radius 2 is 1.80 bits per heavy atom. The fourth-order valence-corrected chi connectivity index (χ4v) is 3.46. The van der Waals surface area contributed by atoms with Crippen LogP contribution in [0.25, 0.3) is 16.7 Å². The number of rotatable bonds is 5. The van der Waals surface area contributed by atoms with E-state index in [0.717, 1.165) is 10.9 Å². The molecule has 4 aromatic rings. The Morgan fingerprint density at radius 1 is 1.03 bits per heavy atom. The van der Waals surface area contributed by atoms with E-state index >= 15 is 0 Å². The molecule has 0 bridgehead atoms. The number of hydrogen-bond donors (Lipinski definition) is 1. The van der Waals surface area contributed by atoms with Crippen molar-refractivity contribution in [3.63, 3.8) is 0 Å². The third kappa shape index (κ3) is 3.81. The molecule has 0 aliphatic heterocycles. The van der Waals surface area contributed by atoms with Crippen molar-refractivity contribution in [3.8, 4) is 5.82 Å². The van der Waals surface area contributed by atoms with E-state index < -0.39 is 11.9 Å². The van der Waals surface area contributed by atoms with E-state index in [1.54, 1.807) is 31.2 Å². The molecule has 0 atom stereocenters. The largest absolute Gasteiger partial charge is 0.462 e. The summed E-state index contributed by atoms with van der Waals surface area (Å²) in [6, 6.07) is 18.4. The van der Waals surface area contributed by atoms with E-state index in [1.165, 1.54) is 10.9 Å². The van der Waals surface area contributed by atoms with Crippen molar-refractivity contribution in [1.29, 1.82) is 0 Å². The maximum absolute atomic E-state index is 12.9. The monoisotopic (exact) mass is 464 g/mol. The van der Waals surface area contributed by atoms with Crippen molar-refractivity contribution in [2.45, 2.75) is 6.92 Å². The molecule has 150 valence electrons.